The van der Waals surface area contributed by atoms with E-state index in [9.17, 15) is 8.42 Å². The van der Waals surface area contributed by atoms with E-state index in [0.29, 0.717) is 5.56 Å². The van der Waals surface area contributed by atoms with Gasteiger partial charge in [0, 0.05) is 6.04 Å². The van der Waals surface area contributed by atoms with Gasteiger partial charge in [0.05, 0.1) is 11.6 Å². The minimum absolute atomic E-state index is 0.0242. The molecule has 0 radical (unpaired) electrons. The van der Waals surface area contributed by atoms with Gasteiger partial charge in [0.2, 0.25) is 10.0 Å². The van der Waals surface area contributed by atoms with Crippen molar-refractivity contribution in [3.05, 3.63) is 28.8 Å². The maximum Gasteiger partial charge on any atom is 0.242 e. The van der Waals surface area contributed by atoms with Crippen molar-refractivity contribution in [1.82, 2.24) is 4.72 Å². The highest BCUT2D eigenvalue weighted by molar-refractivity contribution is 7.89. The molecule has 0 aromatic heterocycles. The van der Waals surface area contributed by atoms with Gasteiger partial charge in [0.1, 0.15) is 4.90 Å². The van der Waals surface area contributed by atoms with Crippen molar-refractivity contribution in [2.45, 2.75) is 63.5 Å². The first-order valence-electron chi connectivity index (χ1n) is 7.32. The van der Waals surface area contributed by atoms with Crippen LogP contribution in [0.3, 0.4) is 0 Å². The molecular formula is C15H24ClNO3S. The van der Waals surface area contributed by atoms with Crippen molar-refractivity contribution in [2.24, 2.45) is 0 Å². The highest BCUT2D eigenvalue weighted by Gasteiger charge is 2.20. The molecule has 120 valence electrons. The Bertz CT molecular complexity index is 546. The van der Waals surface area contributed by atoms with E-state index in [2.05, 4.69) is 11.6 Å². The number of benzene rings is 1. The van der Waals surface area contributed by atoms with Crippen molar-refractivity contribution < 1.29 is 13.5 Å². The molecule has 0 saturated carbocycles. The Kier molecular flexibility index (Phi) is 7.66. The van der Waals surface area contributed by atoms with Gasteiger partial charge in [-0.15, -0.1) is 0 Å². The summed E-state index contributed by atoms with van der Waals surface area (Å²) in [6.07, 6.45) is 5.25. The molecule has 21 heavy (non-hydrogen) atoms. The third-order valence-electron chi connectivity index (χ3n) is 3.31. The summed E-state index contributed by atoms with van der Waals surface area (Å²) in [7, 11) is -3.66. The van der Waals surface area contributed by atoms with Crippen LogP contribution in [0, 0.1) is 0 Å². The minimum Gasteiger partial charge on any atom is -0.392 e. The van der Waals surface area contributed by atoms with Gasteiger partial charge in [-0.1, -0.05) is 50.3 Å². The van der Waals surface area contributed by atoms with Crippen molar-refractivity contribution in [1.29, 1.82) is 0 Å². The average Bonchev–Trinajstić information content (AvgIpc) is 2.43. The Hall–Kier alpha value is -0.620. The van der Waals surface area contributed by atoms with Crippen molar-refractivity contribution in [2.75, 3.05) is 0 Å². The van der Waals surface area contributed by atoms with Crippen LogP contribution in [-0.4, -0.2) is 19.6 Å². The van der Waals surface area contributed by atoms with Crippen LogP contribution in [0.1, 0.15) is 51.5 Å². The van der Waals surface area contributed by atoms with E-state index >= 15 is 0 Å². The summed E-state index contributed by atoms with van der Waals surface area (Å²) in [6, 6.07) is 4.37. The third-order valence-corrected chi connectivity index (χ3v) is 5.39. The molecule has 0 fully saturated rings. The molecule has 6 heteroatoms. The SMILES string of the molecule is CCCCCCC(C)NS(=O)(=O)c1cc(CO)ccc1Cl. The Balaban J connectivity index is 2.72. The van der Waals surface area contributed by atoms with Gasteiger partial charge in [-0.2, -0.15) is 0 Å². The molecular weight excluding hydrogens is 310 g/mol. The van der Waals surface area contributed by atoms with Crippen LogP contribution in [-0.2, 0) is 16.6 Å². The van der Waals surface area contributed by atoms with E-state index in [1.807, 2.05) is 6.92 Å². The molecule has 0 aliphatic heterocycles. The zero-order valence-corrected chi connectivity index (χ0v) is 14.2. The molecule has 1 aromatic rings. The number of sulfonamides is 1. The van der Waals surface area contributed by atoms with Crippen molar-refractivity contribution >= 4 is 21.6 Å². The van der Waals surface area contributed by atoms with E-state index in [-0.39, 0.29) is 22.6 Å². The van der Waals surface area contributed by atoms with E-state index in [4.69, 9.17) is 16.7 Å². The van der Waals surface area contributed by atoms with Gasteiger partial charge in [-0.05, 0) is 31.0 Å². The van der Waals surface area contributed by atoms with Crippen molar-refractivity contribution in [3.8, 4) is 0 Å². The second kappa shape index (κ2) is 8.73. The van der Waals surface area contributed by atoms with E-state index in [1.165, 1.54) is 18.6 Å². The Morgan fingerprint density at radius 3 is 2.62 bits per heavy atom. The molecule has 0 aliphatic carbocycles. The summed E-state index contributed by atoms with van der Waals surface area (Å²) in [5, 5.41) is 9.27. The fourth-order valence-electron chi connectivity index (χ4n) is 2.12. The summed E-state index contributed by atoms with van der Waals surface area (Å²) in [5.74, 6) is 0. The number of hydrogen-bond donors (Lipinski definition) is 2. The zero-order chi connectivity index (χ0) is 15.9. The van der Waals surface area contributed by atoms with Crippen LogP contribution in [0.4, 0.5) is 0 Å². The van der Waals surface area contributed by atoms with Crippen LogP contribution in [0.5, 0.6) is 0 Å². The summed E-state index contributed by atoms with van der Waals surface area (Å²) in [4.78, 5) is 0.0242. The molecule has 2 N–H and O–H groups in total. The zero-order valence-electron chi connectivity index (χ0n) is 12.6. The van der Waals surface area contributed by atoms with Crippen LogP contribution in [0.25, 0.3) is 0 Å². The van der Waals surface area contributed by atoms with Crippen LogP contribution < -0.4 is 4.72 Å². The summed E-state index contributed by atoms with van der Waals surface area (Å²) < 4.78 is 27.3. The maximum atomic E-state index is 12.3. The normalized spacial score (nSPS) is 13.3. The number of unbranched alkanes of at least 4 members (excludes halogenated alkanes) is 3. The summed E-state index contributed by atoms with van der Waals surface area (Å²) in [6.45, 7) is 3.78. The predicted molar refractivity (Wildman–Crippen MR) is 85.9 cm³/mol. The molecule has 0 heterocycles. The van der Waals surface area contributed by atoms with Gasteiger partial charge in [-0.3, -0.25) is 0 Å². The smallest absolute Gasteiger partial charge is 0.242 e. The fourth-order valence-corrected chi connectivity index (χ4v) is 3.94. The number of halogens is 1. The van der Waals surface area contributed by atoms with E-state index < -0.39 is 10.0 Å². The lowest BCUT2D eigenvalue weighted by molar-refractivity contribution is 0.281. The van der Waals surface area contributed by atoms with Gasteiger partial charge in [0.15, 0.2) is 0 Å². The van der Waals surface area contributed by atoms with Crippen LogP contribution in [0.2, 0.25) is 5.02 Å². The highest BCUT2D eigenvalue weighted by Crippen LogP contribution is 2.23. The predicted octanol–water partition coefficient (Wildman–Crippen LogP) is 3.47. The number of aliphatic hydroxyl groups excluding tert-OH is 1. The molecule has 4 nitrogen and oxygen atoms in total. The van der Waals surface area contributed by atoms with E-state index in [0.717, 1.165) is 25.7 Å². The third kappa shape index (κ3) is 5.94. The second-order valence-electron chi connectivity index (χ2n) is 5.29. The lowest BCUT2D eigenvalue weighted by atomic mass is 10.1. The fraction of sp³-hybridized carbons (Fsp3) is 0.600. The molecule has 1 aromatic carbocycles. The number of rotatable bonds is 9. The molecule has 1 atom stereocenters. The monoisotopic (exact) mass is 333 g/mol. The van der Waals surface area contributed by atoms with Gasteiger partial charge < -0.3 is 5.11 Å². The first-order valence-corrected chi connectivity index (χ1v) is 9.18. The molecule has 0 amide bonds. The van der Waals surface area contributed by atoms with Gasteiger partial charge in [0.25, 0.3) is 0 Å². The molecule has 0 bridgehead atoms. The average molecular weight is 334 g/mol. The Labute approximate surface area is 132 Å². The van der Waals surface area contributed by atoms with E-state index in [1.54, 1.807) is 6.07 Å². The second-order valence-corrected chi connectivity index (χ2v) is 7.38. The lowest BCUT2D eigenvalue weighted by Crippen LogP contribution is -2.32. The summed E-state index contributed by atoms with van der Waals surface area (Å²) in [5.41, 5.74) is 0.523. The topological polar surface area (TPSA) is 66.4 Å². The van der Waals surface area contributed by atoms with Crippen LogP contribution in [0.15, 0.2) is 23.1 Å². The van der Waals surface area contributed by atoms with Gasteiger partial charge >= 0.3 is 0 Å². The Morgan fingerprint density at radius 2 is 2.00 bits per heavy atom. The molecule has 0 aliphatic rings. The molecule has 1 unspecified atom stereocenters. The first-order chi connectivity index (χ1) is 9.90. The number of nitrogens with one attached hydrogen (secondary N) is 1. The standard InChI is InChI=1S/C15H24ClNO3S/c1-3-4-5-6-7-12(2)17-21(19,20)15-10-13(11-18)8-9-14(15)16/h8-10,12,17-18H,3-7,11H2,1-2H3. The summed E-state index contributed by atoms with van der Waals surface area (Å²) >= 11 is 5.97. The molecule has 0 spiro atoms. The maximum absolute atomic E-state index is 12.3. The molecule has 1 rings (SSSR count). The van der Waals surface area contributed by atoms with Crippen LogP contribution >= 0.6 is 11.6 Å². The largest absolute Gasteiger partial charge is 0.392 e. The van der Waals surface area contributed by atoms with Gasteiger partial charge in [-0.25, -0.2) is 13.1 Å². The minimum atomic E-state index is -3.66. The number of aliphatic hydroxyl groups is 1. The van der Waals surface area contributed by atoms with Crippen molar-refractivity contribution in [3.63, 3.8) is 0 Å². The molecule has 0 saturated heterocycles. The highest BCUT2D eigenvalue weighted by atomic mass is 35.5. The quantitative estimate of drug-likeness (QED) is 0.680. The first kappa shape index (κ1) is 18.4. The Morgan fingerprint density at radius 1 is 1.29 bits per heavy atom. The lowest BCUT2D eigenvalue weighted by Gasteiger charge is -2.15. The number of hydrogen-bond acceptors (Lipinski definition) is 3.